The maximum absolute atomic E-state index is 4.35. The van der Waals surface area contributed by atoms with Crippen LogP contribution in [0, 0.1) is 0 Å². The van der Waals surface area contributed by atoms with Crippen LogP contribution in [0.4, 0.5) is 0 Å². The molecular weight excluding hydrogens is 250 g/mol. The Labute approximate surface area is 121 Å². The van der Waals surface area contributed by atoms with E-state index in [0.717, 1.165) is 25.3 Å². The lowest BCUT2D eigenvalue weighted by atomic mass is 10.2. The molecule has 2 rings (SSSR count). The minimum absolute atomic E-state index is 0.340. The maximum Gasteiger partial charge on any atom is 0.147 e. The largest absolute Gasteiger partial charge is 0.346 e. The highest BCUT2D eigenvalue weighted by Crippen LogP contribution is 2.14. The van der Waals surface area contributed by atoms with Crippen molar-refractivity contribution in [1.29, 1.82) is 0 Å². The number of rotatable bonds is 7. The fourth-order valence-electron chi connectivity index (χ4n) is 2.27. The van der Waals surface area contributed by atoms with Gasteiger partial charge in [0.15, 0.2) is 0 Å². The molecule has 0 amide bonds. The summed E-state index contributed by atoms with van der Waals surface area (Å²) in [6.45, 7) is 10.4. The molecule has 110 valence electrons. The van der Waals surface area contributed by atoms with Gasteiger partial charge in [-0.05, 0) is 45.4 Å². The second-order valence-electron chi connectivity index (χ2n) is 5.51. The third kappa shape index (κ3) is 3.48. The molecule has 5 heteroatoms. The van der Waals surface area contributed by atoms with Crippen molar-refractivity contribution in [2.24, 2.45) is 0 Å². The van der Waals surface area contributed by atoms with Crippen molar-refractivity contribution in [2.75, 3.05) is 6.54 Å². The summed E-state index contributed by atoms with van der Waals surface area (Å²) in [6, 6.07) is 2.90. The van der Waals surface area contributed by atoms with Crippen LogP contribution in [0.1, 0.15) is 57.6 Å². The molecule has 0 radical (unpaired) electrons. The maximum atomic E-state index is 4.35. The molecule has 0 aliphatic rings. The zero-order chi connectivity index (χ0) is 14.5. The average Bonchev–Trinajstić information content (AvgIpc) is 3.05. The Kier molecular flexibility index (Phi) is 4.95. The Hall–Kier alpha value is -1.62. The van der Waals surface area contributed by atoms with Crippen molar-refractivity contribution >= 4 is 0 Å². The molecule has 0 saturated heterocycles. The first-order valence-corrected chi connectivity index (χ1v) is 7.39. The van der Waals surface area contributed by atoms with E-state index in [2.05, 4.69) is 66.1 Å². The van der Waals surface area contributed by atoms with Gasteiger partial charge in [-0.2, -0.15) is 5.10 Å². The van der Waals surface area contributed by atoms with Gasteiger partial charge in [0.2, 0.25) is 0 Å². The van der Waals surface area contributed by atoms with E-state index in [9.17, 15) is 0 Å². The summed E-state index contributed by atoms with van der Waals surface area (Å²) in [5.41, 5.74) is 1.31. The van der Waals surface area contributed by atoms with Crippen LogP contribution in [0.5, 0.6) is 0 Å². The van der Waals surface area contributed by atoms with Gasteiger partial charge in [-0.1, -0.05) is 6.92 Å². The number of nitrogens with zero attached hydrogens (tertiary/aromatic N) is 4. The van der Waals surface area contributed by atoms with E-state index >= 15 is 0 Å². The lowest BCUT2D eigenvalue weighted by molar-refractivity contribution is 0.496. The third-order valence-electron chi connectivity index (χ3n) is 3.43. The van der Waals surface area contributed by atoms with Crippen molar-refractivity contribution in [3.8, 4) is 0 Å². The normalized spacial score (nSPS) is 13.1. The minimum Gasteiger partial charge on any atom is -0.346 e. The van der Waals surface area contributed by atoms with Crippen molar-refractivity contribution in [3.05, 3.63) is 36.2 Å². The Morgan fingerprint density at radius 1 is 1.30 bits per heavy atom. The molecule has 1 atom stereocenters. The first kappa shape index (κ1) is 14.8. The second-order valence-corrected chi connectivity index (χ2v) is 5.51. The zero-order valence-electron chi connectivity index (χ0n) is 12.9. The molecule has 2 aromatic rings. The summed E-state index contributed by atoms with van der Waals surface area (Å²) >= 11 is 0. The predicted molar refractivity (Wildman–Crippen MR) is 80.6 cm³/mol. The molecule has 5 nitrogen and oxygen atoms in total. The van der Waals surface area contributed by atoms with E-state index in [0.29, 0.717) is 12.1 Å². The standard InChI is InChI=1S/C15H25N5/c1-5-7-16-13(4)14-6-8-19(9-14)10-15-17-11-18-20(15)12(2)3/h6,8-9,11-13,16H,5,7,10H2,1-4H3. The van der Waals surface area contributed by atoms with Gasteiger partial charge in [-0.3, -0.25) is 0 Å². The van der Waals surface area contributed by atoms with E-state index < -0.39 is 0 Å². The molecule has 2 heterocycles. The highest BCUT2D eigenvalue weighted by molar-refractivity contribution is 5.15. The van der Waals surface area contributed by atoms with Crippen molar-refractivity contribution in [1.82, 2.24) is 24.6 Å². The third-order valence-corrected chi connectivity index (χ3v) is 3.43. The quantitative estimate of drug-likeness (QED) is 0.845. The average molecular weight is 275 g/mol. The number of nitrogens with one attached hydrogen (secondary N) is 1. The Morgan fingerprint density at radius 3 is 2.80 bits per heavy atom. The van der Waals surface area contributed by atoms with E-state index in [1.807, 2.05) is 4.68 Å². The summed E-state index contributed by atoms with van der Waals surface area (Å²) in [7, 11) is 0. The fraction of sp³-hybridized carbons (Fsp3) is 0.600. The summed E-state index contributed by atoms with van der Waals surface area (Å²) in [4.78, 5) is 4.35. The van der Waals surface area contributed by atoms with Crippen molar-refractivity contribution in [2.45, 2.75) is 52.7 Å². The van der Waals surface area contributed by atoms with Crippen LogP contribution in [-0.2, 0) is 6.54 Å². The highest BCUT2D eigenvalue weighted by atomic mass is 15.4. The topological polar surface area (TPSA) is 47.7 Å². The fourth-order valence-corrected chi connectivity index (χ4v) is 2.27. The number of aromatic nitrogens is 4. The number of hydrogen-bond acceptors (Lipinski definition) is 3. The van der Waals surface area contributed by atoms with E-state index in [-0.39, 0.29) is 0 Å². The molecule has 0 bridgehead atoms. The van der Waals surface area contributed by atoms with Gasteiger partial charge in [-0.15, -0.1) is 0 Å². The van der Waals surface area contributed by atoms with Gasteiger partial charge in [0.1, 0.15) is 12.2 Å². The molecule has 0 aliphatic carbocycles. The van der Waals surface area contributed by atoms with E-state index in [4.69, 9.17) is 0 Å². The van der Waals surface area contributed by atoms with Gasteiger partial charge in [0.05, 0.1) is 6.54 Å². The molecule has 1 unspecified atom stereocenters. The Morgan fingerprint density at radius 2 is 2.10 bits per heavy atom. The molecule has 2 aromatic heterocycles. The first-order chi connectivity index (χ1) is 9.61. The molecule has 0 fully saturated rings. The Balaban J connectivity index is 2.04. The van der Waals surface area contributed by atoms with Crippen LogP contribution >= 0.6 is 0 Å². The van der Waals surface area contributed by atoms with E-state index in [1.165, 1.54) is 5.56 Å². The summed E-state index contributed by atoms with van der Waals surface area (Å²) in [5.74, 6) is 0.997. The highest BCUT2D eigenvalue weighted by Gasteiger charge is 2.10. The van der Waals surface area contributed by atoms with E-state index in [1.54, 1.807) is 6.33 Å². The van der Waals surface area contributed by atoms with Crippen LogP contribution in [0.25, 0.3) is 0 Å². The van der Waals surface area contributed by atoms with Gasteiger partial charge in [0, 0.05) is 24.5 Å². The lowest BCUT2D eigenvalue weighted by Crippen LogP contribution is -2.18. The molecule has 0 aromatic carbocycles. The summed E-state index contributed by atoms with van der Waals surface area (Å²) in [6.07, 6.45) is 7.08. The Bertz CT molecular complexity index is 526. The van der Waals surface area contributed by atoms with Gasteiger partial charge in [0.25, 0.3) is 0 Å². The minimum atomic E-state index is 0.340. The summed E-state index contributed by atoms with van der Waals surface area (Å²) in [5, 5.41) is 7.78. The molecular formula is C15H25N5. The first-order valence-electron chi connectivity index (χ1n) is 7.39. The van der Waals surface area contributed by atoms with Gasteiger partial charge < -0.3 is 9.88 Å². The smallest absolute Gasteiger partial charge is 0.147 e. The SMILES string of the molecule is CCCNC(C)c1ccn(Cc2ncnn2C(C)C)c1. The van der Waals surface area contributed by atoms with Gasteiger partial charge in [-0.25, -0.2) is 9.67 Å². The van der Waals surface area contributed by atoms with Crippen molar-refractivity contribution < 1.29 is 0 Å². The van der Waals surface area contributed by atoms with Crippen LogP contribution in [0.15, 0.2) is 24.8 Å². The number of hydrogen-bond donors (Lipinski definition) is 1. The van der Waals surface area contributed by atoms with Crippen LogP contribution < -0.4 is 5.32 Å². The molecule has 0 spiro atoms. The van der Waals surface area contributed by atoms with Crippen LogP contribution in [0.3, 0.4) is 0 Å². The zero-order valence-corrected chi connectivity index (χ0v) is 12.9. The predicted octanol–water partition coefficient (Wildman–Crippen LogP) is 2.77. The monoisotopic (exact) mass is 275 g/mol. The second kappa shape index (κ2) is 6.70. The van der Waals surface area contributed by atoms with Gasteiger partial charge >= 0.3 is 0 Å². The molecule has 20 heavy (non-hydrogen) atoms. The molecule has 0 saturated carbocycles. The summed E-state index contributed by atoms with van der Waals surface area (Å²) < 4.78 is 4.14. The van der Waals surface area contributed by atoms with Crippen LogP contribution in [0.2, 0.25) is 0 Å². The molecule has 1 N–H and O–H groups in total. The van der Waals surface area contributed by atoms with Crippen LogP contribution in [-0.4, -0.2) is 25.9 Å². The van der Waals surface area contributed by atoms with Crippen molar-refractivity contribution in [3.63, 3.8) is 0 Å². The molecule has 0 aliphatic heterocycles. The lowest BCUT2D eigenvalue weighted by Gasteiger charge is -2.12.